The van der Waals surface area contributed by atoms with Crippen molar-refractivity contribution in [1.82, 2.24) is 33.6 Å². The summed E-state index contributed by atoms with van der Waals surface area (Å²) < 4.78 is 74.4. The van der Waals surface area contributed by atoms with Crippen LogP contribution < -0.4 is 14.8 Å². The summed E-state index contributed by atoms with van der Waals surface area (Å²) in [5.41, 5.74) is 2.47. The van der Waals surface area contributed by atoms with E-state index < -0.39 is 41.0 Å². The monoisotopic (exact) mass is 557 g/mol. The van der Waals surface area contributed by atoms with Gasteiger partial charge in [0.1, 0.15) is 6.04 Å². The number of benzene rings is 1. The van der Waals surface area contributed by atoms with E-state index in [1.165, 1.54) is 26.1 Å². The van der Waals surface area contributed by atoms with Crippen LogP contribution in [0.2, 0.25) is 0 Å². The van der Waals surface area contributed by atoms with Gasteiger partial charge < -0.3 is 19.4 Å². The zero-order chi connectivity index (χ0) is 28.3. The van der Waals surface area contributed by atoms with Gasteiger partial charge in [0, 0.05) is 51.3 Å². The number of hydrogen-bond acceptors (Lipinski definition) is 6. The summed E-state index contributed by atoms with van der Waals surface area (Å²) in [7, 11) is -0.284. The largest absolute Gasteiger partial charge is 0.478 e. The molecule has 2 unspecified atom stereocenters. The van der Waals surface area contributed by atoms with Crippen molar-refractivity contribution in [3.05, 3.63) is 48.4 Å². The van der Waals surface area contributed by atoms with E-state index in [-0.39, 0.29) is 6.54 Å². The molecule has 1 aromatic carbocycles. The number of carbonyl (C=O) groups excluding carboxylic acids is 1. The van der Waals surface area contributed by atoms with Gasteiger partial charge in [0.05, 0.1) is 18.8 Å². The standard InChI is InChI=1S/C23H30F3N7O4S/c1-6-33(22(34)30-19(23(24,25)26)13-28-38(35,36)31(3)4)15(2)16-8-7-9-17(12-16)18-14-32-11-10-27-20(32)21(29-18)37-5/h7-12,14-15,19,28H,6,13H2,1-5H3,(H,30,34). The van der Waals surface area contributed by atoms with Gasteiger partial charge in [0.25, 0.3) is 16.1 Å². The van der Waals surface area contributed by atoms with Crippen molar-refractivity contribution in [3.63, 3.8) is 0 Å². The Labute approximate surface area is 218 Å². The highest BCUT2D eigenvalue weighted by Crippen LogP contribution is 2.28. The molecule has 0 aliphatic carbocycles. The zero-order valence-corrected chi connectivity index (χ0v) is 22.3. The van der Waals surface area contributed by atoms with Crippen LogP contribution in [0.4, 0.5) is 18.0 Å². The highest BCUT2D eigenvalue weighted by atomic mass is 32.2. The minimum Gasteiger partial charge on any atom is -0.478 e. The predicted octanol–water partition coefficient (Wildman–Crippen LogP) is 2.82. The Morgan fingerprint density at radius 2 is 1.97 bits per heavy atom. The second-order valence-corrected chi connectivity index (χ2v) is 10.5. The fourth-order valence-corrected chi connectivity index (χ4v) is 4.34. The molecule has 3 aromatic rings. The van der Waals surface area contributed by atoms with E-state index in [0.29, 0.717) is 28.3 Å². The lowest BCUT2D eigenvalue weighted by molar-refractivity contribution is -0.151. The maximum Gasteiger partial charge on any atom is 0.409 e. The van der Waals surface area contributed by atoms with E-state index in [2.05, 4.69) is 9.97 Å². The van der Waals surface area contributed by atoms with E-state index in [9.17, 15) is 26.4 Å². The van der Waals surface area contributed by atoms with Gasteiger partial charge in [0.2, 0.25) is 0 Å². The summed E-state index contributed by atoms with van der Waals surface area (Å²) >= 11 is 0. The molecule has 2 atom stereocenters. The number of aromatic nitrogens is 3. The third-order valence-electron chi connectivity index (χ3n) is 5.91. The highest BCUT2D eigenvalue weighted by molar-refractivity contribution is 7.87. The van der Waals surface area contributed by atoms with Crippen molar-refractivity contribution in [3.8, 4) is 17.1 Å². The van der Waals surface area contributed by atoms with E-state index in [1.54, 1.807) is 55.0 Å². The Morgan fingerprint density at radius 3 is 2.58 bits per heavy atom. The smallest absolute Gasteiger partial charge is 0.409 e. The number of amides is 2. The van der Waals surface area contributed by atoms with Gasteiger partial charge in [-0.1, -0.05) is 18.2 Å². The molecule has 0 aliphatic heterocycles. The van der Waals surface area contributed by atoms with E-state index >= 15 is 0 Å². The van der Waals surface area contributed by atoms with Gasteiger partial charge in [-0.05, 0) is 25.5 Å². The van der Waals surface area contributed by atoms with Crippen LogP contribution in [-0.2, 0) is 10.2 Å². The molecule has 2 aromatic heterocycles. The van der Waals surface area contributed by atoms with Gasteiger partial charge in [-0.15, -0.1) is 0 Å². The Balaban J connectivity index is 1.83. The average Bonchev–Trinajstić information content (AvgIpc) is 3.34. The van der Waals surface area contributed by atoms with Crippen molar-refractivity contribution in [1.29, 1.82) is 0 Å². The first-order valence-corrected chi connectivity index (χ1v) is 13.0. The molecule has 15 heteroatoms. The van der Waals surface area contributed by atoms with Gasteiger partial charge in [0.15, 0.2) is 5.65 Å². The molecule has 208 valence electrons. The second-order valence-electron chi connectivity index (χ2n) is 8.56. The first-order valence-electron chi connectivity index (χ1n) is 11.6. The summed E-state index contributed by atoms with van der Waals surface area (Å²) in [4.78, 5) is 22.9. The summed E-state index contributed by atoms with van der Waals surface area (Å²) in [6, 6.07) is 3.07. The van der Waals surface area contributed by atoms with Crippen LogP contribution in [0.3, 0.4) is 0 Å². The highest BCUT2D eigenvalue weighted by Gasteiger charge is 2.42. The molecule has 2 heterocycles. The van der Waals surface area contributed by atoms with Gasteiger partial charge in [-0.25, -0.2) is 14.8 Å². The molecule has 0 saturated carbocycles. The van der Waals surface area contributed by atoms with Gasteiger partial charge in [-0.3, -0.25) is 0 Å². The molecule has 2 amide bonds. The number of halogens is 3. The van der Waals surface area contributed by atoms with Crippen LogP contribution in [0.5, 0.6) is 5.88 Å². The number of fused-ring (bicyclic) bond motifs is 1. The minimum atomic E-state index is -4.89. The van der Waals surface area contributed by atoms with E-state index in [4.69, 9.17) is 4.74 Å². The lowest BCUT2D eigenvalue weighted by Gasteiger charge is -2.31. The second kappa shape index (κ2) is 11.5. The molecule has 0 spiro atoms. The normalized spacial score (nSPS) is 13.9. The van der Waals surface area contributed by atoms with Crippen molar-refractivity contribution < 1.29 is 31.1 Å². The van der Waals surface area contributed by atoms with Crippen LogP contribution in [0.1, 0.15) is 25.5 Å². The van der Waals surface area contributed by atoms with Crippen LogP contribution in [0, 0.1) is 0 Å². The molecule has 0 bridgehead atoms. The number of nitrogens with one attached hydrogen (secondary N) is 2. The maximum absolute atomic E-state index is 13.6. The number of imidazole rings is 1. The van der Waals surface area contributed by atoms with Crippen LogP contribution in [0.15, 0.2) is 42.9 Å². The lowest BCUT2D eigenvalue weighted by atomic mass is 10.0. The Bertz CT molecular complexity index is 1380. The molecular weight excluding hydrogens is 527 g/mol. The van der Waals surface area contributed by atoms with Crippen molar-refractivity contribution in [2.75, 3.05) is 34.3 Å². The molecule has 11 nitrogen and oxygen atoms in total. The predicted molar refractivity (Wildman–Crippen MR) is 135 cm³/mol. The number of carbonyl (C=O) groups is 1. The Kier molecular flexibility index (Phi) is 8.84. The third-order valence-corrected chi connectivity index (χ3v) is 7.41. The molecule has 0 aliphatic rings. The van der Waals surface area contributed by atoms with Crippen LogP contribution in [0.25, 0.3) is 16.9 Å². The van der Waals surface area contributed by atoms with Gasteiger partial charge in [-0.2, -0.15) is 30.6 Å². The zero-order valence-electron chi connectivity index (χ0n) is 21.5. The molecule has 2 N–H and O–H groups in total. The quantitative estimate of drug-likeness (QED) is 0.396. The summed E-state index contributed by atoms with van der Waals surface area (Å²) in [6.07, 6.45) is 0.235. The van der Waals surface area contributed by atoms with Crippen LogP contribution >= 0.6 is 0 Å². The molecule has 0 fully saturated rings. The molecule has 3 rings (SSSR count). The number of nitrogens with zero attached hydrogens (tertiary/aromatic N) is 5. The number of alkyl halides is 3. The summed E-state index contributed by atoms with van der Waals surface area (Å²) in [6.45, 7) is 2.36. The minimum absolute atomic E-state index is 0.0955. The fraction of sp³-hybridized carbons (Fsp3) is 0.435. The van der Waals surface area contributed by atoms with E-state index in [1.807, 2.05) is 16.1 Å². The number of rotatable bonds is 10. The Hall–Kier alpha value is -3.43. The molecule has 0 saturated heterocycles. The Morgan fingerprint density at radius 1 is 1.26 bits per heavy atom. The first kappa shape index (κ1) is 29.1. The van der Waals surface area contributed by atoms with Crippen molar-refractivity contribution in [2.45, 2.75) is 32.1 Å². The number of hydrogen-bond donors (Lipinski definition) is 2. The summed E-state index contributed by atoms with van der Waals surface area (Å²) in [5, 5.41) is 1.93. The van der Waals surface area contributed by atoms with Gasteiger partial charge >= 0.3 is 12.2 Å². The van der Waals surface area contributed by atoms with Crippen molar-refractivity contribution in [2.24, 2.45) is 0 Å². The SMILES string of the molecule is CCN(C(=O)NC(CNS(=O)(=O)N(C)C)C(F)(F)F)C(C)c1cccc(-c2cn3ccnc3c(OC)n2)c1. The lowest BCUT2D eigenvalue weighted by Crippen LogP contribution is -2.56. The number of methoxy groups -OCH3 is 1. The fourth-order valence-electron chi connectivity index (χ4n) is 3.71. The topological polar surface area (TPSA) is 121 Å². The van der Waals surface area contributed by atoms with Crippen molar-refractivity contribution >= 4 is 21.9 Å². The maximum atomic E-state index is 13.6. The number of urea groups is 1. The molecular formula is C23H30F3N7O4S. The molecule has 0 radical (unpaired) electrons. The first-order chi connectivity index (χ1) is 17.8. The summed E-state index contributed by atoms with van der Waals surface area (Å²) in [5.74, 6) is 0.323. The van der Waals surface area contributed by atoms with Crippen LogP contribution in [-0.4, -0.2) is 84.5 Å². The average molecular weight is 558 g/mol. The van der Waals surface area contributed by atoms with E-state index in [0.717, 1.165) is 4.31 Å². The third kappa shape index (κ3) is 6.52. The number of ether oxygens (including phenoxy) is 1. The molecule has 38 heavy (non-hydrogen) atoms.